The lowest BCUT2D eigenvalue weighted by Gasteiger charge is -2.37. The zero-order valence-electron chi connectivity index (χ0n) is 23.0. The van der Waals surface area contributed by atoms with Gasteiger partial charge in [0.15, 0.2) is 10.8 Å². The average Bonchev–Trinajstić information content (AvgIpc) is 3.28. The topological polar surface area (TPSA) is 167 Å². The third-order valence-corrected chi connectivity index (χ3v) is 6.70. The fraction of sp³-hybridized carbons (Fsp3) is 0.680. The first-order chi connectivity index (χ1) is 18.5. The summed E-state index contributed by atoms with van der Waals surface area (Å²) in [7, 11) is 0. The molecule has 1 aliphatic heterocycles. The van der Waals surface area contributed by atoms with E-state index in [1.807, 2.05) is 13.8 Å². The molecular weight excluding hydrogens is 530 g/mol. The standard InChI is InChI=1S/C25H37N5O8S/c1-6-8-12-36-21(33)25(10-9-11-25)38-30-18(20(32)28-17-15(13-35-7-2)26-19(17)31)16-14-39-22(27-16)29-23(34)37-24(3,4)5/h14-15,17H,6-13H2,1-5H3,(H,26,31)(H,28,32)(H,27,29,34)/b30-18-/t15-,17+/m1/s1. The Balaban J connectivity index is 1.81. The first-order valence-corrected chi connectivity index (χ1v) is 13.9. The van der Waals surface area contributed by atoms with Gasteiger partial charge < -0.3 is 29.7 Å². The van der Waals surface area contributed by atoms with E-state index in [1.165, 1.54) is 5.38 Å². The minimum atomic E-state index is -1.29. The Morgan fingerprint density at radius 3 is 2.59 bits per heavy atom. The molecule has 1 aliphatic carbocycles. The van der Waals surface area contributed by atoms with Crippen molar-refractivity contribution in [2.75, 3.05) is 25.1 Å². The predicted octanol–water partition coefficient (Wildman–Crippen LogP) is 2.50. The zero-order chi connectivity index (χ0) is 28.6. The van der Waals surface area contributed by atoms with Crippen molar-refractivity contribution in [3.63, 3.8) is 0 Å². The van der Waals surface area contributed by atoms with E-state index in [0.29, 0.717) is 19.4 Å². The quantitative estimate of drug-likeness (QED) is 0.107. The number of nitrogens with zero attached hydrogens (tertiary/aromatic N) is 2. The van der Waals surface area contributed by atoms with E-state index in [0.717, 1.165) is 30.6 Å². The molecule has 2 heterocycles. The minimum absolute atomic E-state index is 0.0819. The van der Waals surface area contributed by atoms with Crippen molar-refractivity contribution in [1.82, 2.24) is 15.6 Å². The van der Waals surface area contributed by atoms with Crippen molar-refractivity contribution >= 4 is 46.1 Å². The number of esters is 1. The van der Waals surface area contributed by atoms with Gasteiger partial charge in [-0.25, -0.2) is 14.6 Å². The summed E-state index contributed by atoms with van der Waals surface area (Å²) in [6, 6.07) is -1.25. The number of carbonyl (C=O) groups is 4. The van der Waals surface area contributed by atoms with Gasteiger partial charge in [0, 0.05) is 24.8 Å². The Morgan fingerprint density at radius 1 is 1.26 bits per heavy atom. The summed E-state index contributed by atoms with van der Waals surface area (Å²) in [5.41, 5.74) is -2.18. The number of β-lactam (4-membered cyclic amide) rings is 1. The van der Waals surface area contributed by atoms with E-state index in [4.69, 9.17) is 19.0 Å². The molecule has 0 aromatic carbocycles. The van der Waals surface area contributed by atoms with Crippen molar-refractivity contribution in [3.8, 4) is 0 Å². The van der Waals surface area contributed by atoms with E-state index in [1.54, 1.807) is 20.8 Å². The van der Waals surface area contributed by atoms with Crippen LogP contribution in [0.1, 0.15) is 72.4 Å². The van der Waals surface area contributed by atoms with Crippen molar-refractivity contribution in [2.24, 2.45) is 5.16 Å². The van der Waals surface area contributed by atoms with E-state index < -0.39 is 41.3 Å². The maximum absolute atomic E-state index is 13.3. The van der Waals surface area contributed by atoms with Crippen molar-refractivity contribution < 1.29 is 38.2 Å². The normalized spacial score (nSPS) is 20.1. The van der Waals surface area contributed by atoms with E-state index in [-0.39, 0.29) is 35.7 Å². The van der Waals surface area contributed by atoms with Gasteiger partial charge in [0.2, 0.25) is 11.5 Å². The number of unbranched alkanes of at least 4 members (excludes halogenated alkanes) is 1. The van der Waals surface area contributed by atoms with Gasteiger partial charge in [-0.1, -0.05) is 18.5 Å². The highest BCUT2D eigenvalue weighted by Crippen LogP contribution is 2.37. The van der Waals surface area contributed by atoms with Gasteiger partial charge in [0.05, 0.1) is 19.3 Å². The first kappa shape index (κ1) is 30.3. The molecule has 2 atom stereocenters. The predicted molar refractivity (Wildman–Crippen MR) is 142 cm³/mol. The van der Waals surface area contributed by atoms with Crippen LogP contribution in [-0.2, 0) is 33.4 Å². The number of rotatable bonds is 13. The summed E-state index contributed by atoms with van der Waals surface area (Å²) in [4.78, 5) is 60.3. The number of hydrogen-bond acceptors (Lipinski definition) is 11. The van der Waals surface area contributed by atoms with Crippen LogP contribution in [0.15, 0.2) is 10.5 Å². The summed E-state index contributed by atoms with van der Waals surface area (Å²) in [5, 5.41) is 13.6. The van der Waals surface area contributed by atoms with Crippen LogP contribution < -0.4 is 16.0 Å². The van der Waals surface area contributed by atoms with Crippen molar-refractivity contribution in [1.29, 1.82) is 0 Å². The number of thiazole rings is 1. The SMILES string of the molecule is CCCCOC(=O)C1(O/N=C(\C(=O)N[C@@H]2C(=O)N[C@@H]2COCC)c2csc(NC(=O)OC(C)(C)C)n2)CCC1. The molecule has 3 rings (SSSR count). The van der Waals surface area contributed by atoms with Crippen LogP contribution in [0.25, 0.3) is 0 Å². The van der Waals surface area contributed by atoms with Gasteiger partial charge in [-0.05, 0) is 40.5 Å². The molecule has 39 heavy (non-hydrogen) atoms. The number of aromatic nitrogens is 1. The first-order valence-electron chi connectivity index (χ1n) is 13.1. The number of amides is 3. The van der Waals surface area contributed by atoms with Crippen molar-refractivity contribution in [2.45, 2.75) is 90.0 Å². The van der Waals surface area contributed by atoms with Gasteiger partial charge in [0.1, 0.15) is 17.3 Å². The van der Waals surface area contributed by atoms with E-state index >= 15 is 0 Å². The summed E-state index contributed by atoms with van der Waals surface area (Å²) in [6.45, 7) is 9.94. The smallest absolute Gasteiger partial charge is 0.413 e. The van der Waals surface area contributed by atoms with Gasteiger partial charge in [0.25, 0.3) is 5.91 Å². The molecule has 1 aromatic heterocycles. The molecular formula is C25H37N5O8S. The molecule has 2 fully saturated rings. The molecule has 216 valence electrons. The van der Waals surface area contributed by atoms with Crippen LogP contribution in [0.2, 0.25) is 0 Å². The monoisotopic (exact) mass is 567 g/mol. The number of hydrogen-bond donors (Lipinski definition) is 3. The van der Waals surface area contributed by atoms with Crippen LogP contribution in [0.5, 0.6) is 0 Å². The third-order valence-electron chi connectivity index (χ3n) is 5.95. The summed E-state index contributed by atoms with van der Waals surface area (Å²) >= 11 is 1.04. The lowest BCUT2D eigenvalue weighted by atomic mass is 9.80. The van der Waals surface area contributed by atoms with Gasteiger partial charge >= 0.3 is 12.1 Å². The molecule has 0 bridgehead atoms. The number of anilines is 1. The summed E-state index contributed by atoms with van der Waals surface area (Å²) in [5.74, 6) is -1.64. The molecule has 1 aromatic rings. The summed E-state index contributed by atoms with van der Waals surface area (Å²) in [6.07, 6.45) is 2.39. The number of oxime groups is 1. The average molecular weight is 568 g/mol. The van der Waals surface area contributed by atoms with Gasteiger partial charge in [-0.2, -0.15) is 0 Å². The maximum atomic E-state index is 13.3. The Labute approximate surface area is 231 Å². The van der Waals surface area contributed by atoms with Gasteiger partial charge in [-0.3, -0.25) is 14.9 Å². The van der Waals surface area contributed by atoms with Crippen LogP contribution in [0, 0.1) is 0 Å². The third kappa shape index (κ3) is 8.12. The van der Waals surface area contributed by atoms with Gasteiger partial charge in [-0.15, -0.1) is 11.3 Å². The second kappa shape index (κ2) is 13.2. The molecule has 0 unspecified atom stereocenters. The Morgan fingerprint density at radius 2 is 2.00 bits per heavy atom. The molecule has 1 saturated carbocycles. The minimum Gasteiger partial charge on any atom is -0.463 e. The molecule has 14 heteroatoms. The van der Waals surface area contributed by atoms with E-state index in [2.05, 4.69) is 26.1 Å². The number of nitrogens with one attached hydrogen (secondary N) is 3. The second-order valence-corrected chi connectivity index (χ2v) is 11.1. The Kier molecular flexibility index (Phi) is 10.2. The molecule has 3 amide bonds. The fourth-order valence-electron chi connectivity index (χ4n) is 3.64. The molecule has 0 spiro atoms. The highest BCUT2D eigenvalue weighted by molar-refractivity contribution is 7.14. The molecule has 1 saturated heterocycles. The molecule has 0 radical (unpaired) electrons. The van der Waals surface area contributed by atoms with Crippen LogP contribution in [0.3, 0.4) is 0 Å². The zero-order valence-corrected chi connectivity index (χ0v) is 23.8. The molecule has 13 nitrogen and oxygen atoms in total. The maximum Gasteiger partial charge on any atom is 0.413 e. The van der Waals surface area contributed by atoms with E-state index in [9.17, 15) is 19.2 Å². The largest absolute Gasteiger partial charge is 0.463 e. The fourth-order valence-corrected chi connectivity index (χ4v) is 4.32. The highest BCUT2D eigenvalue weighted by atomic mass is 32.1. The molecule has 2 aliphatic rings. The van der Waals surface area contributed by atoms with Crippen LogP contribution in [-0.4, -0.2) is 77.7 Å². The lowest BCUT2D eigenvalue weighted by molar-refractivity contribution is -0.185. The lowest BCUT2D eigenvalue weighted by Crippen LogP contribution is -2.71. The Bertz CT molecular complexity index is 1080. The van der Waals surface area contributed by atoms with Crippen LogP contribution in [0.4, 0.5) is 9.93 Å². The summed E-state index contributed by atoms with van der Waals surface area (Å²) < 4.78 is 16.0. The second-order valence-electron chi connectivity index (χ2n) is 10.3. The van der Waals surface area contributed by atoms with Crippen molar-refractivity contribution in [3.05, 3.63) is 11.1 Å². The Hall–Kier alpha value is -3.26. The van der Waals surface area contributed by atoms with Crippen LogP contribution >= 0.6 is 11.3 Å². The highest BCUT2D eigenvalue weighted by Gasteiger charge is 2.49. The number of ether oxygens (including phenoxy) is 3. The number of carbonyl (C=O) groups excluding carboxylic acids is 4. The molecule has 3 N–H and O–H groups in total.